The molecule has 0 aliphatic carbocycles. The third kappa shape index (κ3) is 4.78. The molecule has 0 spiro atoms. The van der Waals surface area contributed by atoms with Crippen molar-refractivity contribution in [2.75, 3.05) is 31.2 Å². The number of ether oxygens (including phenoxy) is 1. The van der Waals surface area contributed by atoms with Crippen molar-refractivity contribution in [1.29, 1.82) is 0 Å². The van der Waals surface area contributed by atoms with Gasteiger partial charge < -0.3 is 14.0 Å². The summed E-state index contributed by atoms with van der Waals surface area (Å²) in [6, 6.07) is 12.6. The number of imidazole rings is 1. The number of aromatic nitrogens is 5. The number of hydrogen-bond acceptors (Lipinski definition) is 6. The van der Waals surface area contributed by atoms with E-state index in [2.05, 4.69) is 53.2 Å². The summed E-state index contributed by atoms with van der Waals surface area (Å²) in [5.74, 6) is 1.78. The second-order valence-corrected chi connectivity index (χ2v) is 8.18. The van der Waals surface area contributed by atoms with Gasteiger partial charge in [-0.15, -0.1) is 0 Å². The molecule has 4 aromatic rings. The summed E-state index contributed by atoms with van der Waals surface area (Å²) in [5, 5.41) is 0. The van der Waals surface area contributed by atoms with Crippen molar-refractivity contribution in [1.82, 2.24) is 24.3 Å². The van der Waals surface area contributed by atoms with E-state index in [0.29, 0.717) is 6.42 Å². The number of morpholine rings is 1. The molecule has 1 saturated heterocycles. The minimum atomic E-state index is 0.627. The van der Waals surface area contributed by atoms with Gasteiger partial charge in [-0.05, 0) is 36.2 Å². The molecule has 0 bridgehead atoms. The number of rotatable bonds is 7. The number of fused-ring (bicyclic) bond motifs is 1. The Bertz CT molecular complexity index is 1200. The molecule has 32 heavy (non-hydrogen) atoms. The van der Waals surface area contributed by atoms with Gasteiger partial charge in [0, 0.05) is 55.6 Å². The highest BCUT2D eigenvalue weighted by Gasteiger charge is 2.16. The second kappa shape index (κ2) is 9.44. The highest BCUT2D eigenvalue weighted by Crippen LogP contribution is 2.19. The molecule has 0 amide bonds. The number of anilines is 1. The third-order valence-corrected chi connectivity index (χ3v) is 5.70. The predicted molar refractivity (Wildman–Crippen MR) is 124 cm³/mol. The number of nitrogens with zero attached hydrogens (tertiary/aromatic N) is 6. The first-order valence-corrected chi connectivity index (χ1v) is 11.3. The van der Waals surface area contributed by atoms with E-state index in [4.69, 9.17) is 19.7 Å². The Hall–Kier alpha value is -3.32. The minimum absolute atomic E-state index is 0.627. The standard InChI is InChI=1S/C25H28N6O/c1-2-4-20-5-3-6-21(27-20)17-23-28-22(18-25(29-23)31-11-13-32-14-12-31)15-19-7-9-30-10-8-26-24(30)16-19/h3,5-10,16,18H,2,4,11-15,17H2,1H3. The van der Waals surface area contributed by atoms with E-state index in [1.54, 1.807) is 0 Å². The van der Waals surface area contributed by atoms with Gasteiger partial charge in [-0.3, -0.25) is 4.98 Å². The van der Waals surface area contributed by atoms with Crippen LogP contribution in [-0.4, -0.2) is 50.6 Å². The Kier molecular flexibility index (Phi) is 6.07. The lowest BCUT2D eigenvalue weighted by molar-refractivity contribution is 0.122. The van der Waals surface area contributed by atoms with E-state index in [1.807, 2.05) is 23.0 Å². The number of aryl methyl sites for hydroxylation is 1. The molecule has 164 valence electrons. The maximum Gasteiger partial charge on any atom is 0.136 e. The number of pyridine rings is 2. The Morgan fingerprint density at radius 1 is 0.906 bits per heavy atom. The lowest BCUT2D eigenvalue weighted by Gasteiger charge is -2.28. The van der Waals surface area contributed by atoms with Crippen molar-refractivity contribution in [3.05, 3.63) is 83.5 Å². The van der Waals surface area contributed by atoms with Gasteiger partial charge in [0.2, 0.25) is 0 Å². The van der Waals surface area contributed by atoms with E-state index in [-0.39, 0.29) is 0 Å². The largest absolute Gasteiger partial charge is 0.378 e. The molecule has 0 saturated carbocycles. The fourth-order valence-electron chi connectivity index (χ4n) is 4.12. The molecule has 5 rings (SSSR count). The van der Waals surface area contributed by atoms with Crippen molar-refractivity contribution in [3.63, 3.8) is 0 Å². The molecular formula is C25H28N6O. The van der Waals surface area contributed by atoms with Gasteiger partial charge in [0.1, 0.15) is 17.3 Å². The first kappa shape index (κ1) is 20.6. The topological polar surface area (TPSA) is 68.4 Å². The molecule has 7 heteroatoms. The van der Waals surface area contributed by atoms with Gasteiger partial charge in [0.05, 0.1) is 25.3 Å². The van der Waals surface area contributed by atoms with Crippen molar-refractivity contribution >= 4 is 11.5 Å². The molecule has 0 unspecified atom stereocenters. The third-order valence-electron chi connectivity index (χ3n) is 5.70. The predicted octanol–water partition coefficient (Wildman–Crippen LogP) is 3.49. The molecule has 5 heterocycles. The van der Waals surface area contributed by atoms with E-state index >= 15 is 0 Å². The van der Waals surface area contributed by atoms with Crippen molar-refractivity contribution in [2.45, 2.75) is 32.6 Å². The Morgan fingerprint density at radius 2 is 1.78 bits per heavy atom. The fourth-order valence-corrected chi connectivity index (χ4v) is 4.12. The minimum Gasteiger partial charge on any atom is -0.378 e. The molecule has 1 aliphatic rings. The van der Waals surface area contributed by atoms with Crippen LogP contribution in [0.15, 0.2) is 55.0 Å². The molecule has 4 aromatic heterocycles. The Labute approximate surface area is 188 Å². The van der Waals surface area contributed by atoms with Crippen LogP contribution in [0, 0.1) is 0 Å². The van der Waals surface area contributed by atoms with Crippen LogP contribution in [0.25, 0.3) is 5.65 Å². The zero-order valence-electron chi connectivity index (χ0n) is 18.4. The summed E-state index contributed by atoms with van der Waals surface area (Å²) < 4.78 is 7.55. The SMILES string of the molecule is CCCc1cccc(Cc2nc(Cc3ccn4ccnc4c3)cc(N3CCOCC3)n2)n1. The van der Waals surface area contributed by atoms with Gasteiger partial charge in [0.25, 0.3) is 0 Å². The summed E-state index contributed by atoms with van der Waals surface area (Å²) in [7, 11) is 0. The zero-order chi connectivity index (χ0) is 21.8. The fraction of sp³-hybridized carbons (Fsp3) is 0.360. The summed E-state index contributed by atoms with van der Waals surface area (Å²) in [6.07, 6.45) is 9.26. The quantitative estimate of drug-likeness (QED) is 0.449. The van der Waals surface area contributed by atoms with Crippen LogP contribution in [0.4, 0.5) is 5.82 Å². The van der Waals surface area contributed by atoms with Crippen LogP contribution >= 0.6 is 0 Å². The van der Waals surface area contributed by atoms with E-state index in [0.717, 1.165) is 79.9 Å². The average molecular weight is 429 g/mol. The monoisotopic (exact) mass is 428 g/mol. The molecule has 0 radical (unpaired) electrons. The summed E-state index contributed by atoms with van der Waals surface area (Å²) in [4.78, 5) is 21.4. The van der Waals surface area contributed by atoms with Crippen LogP contribution < -0.4 is 4.90 Å². The van der Waals surface area contributed by atoms with Crippen molar-refractivity contribution < 1.29 is 4.74 Å². The first-order valence-electron chi connectivity index (χ1n) is 11.3. The molecular weight excluding hydrogens is 400 g/mol. The van der Waals surface area contributed by atoms with Crippen LogP contribution in [-0.2, 0) is 24.0 Å². The van der Waals surface area contributed by atoms with Crippen LogP contribution in [0.5, 0.6) is 0 Å². The van der Waals surface area contributed by atoms with E-state index in [9.17, 15) is 0 Å². The first-order chi connectivity index (χ1) is 15.8. The Morgan fingerprint density at radius 3 is 2.66 bits per heavy atom. The van der Waals surface area contributed by atoms with Gasteiger partial charge in [-0.2, -0.15) is 0 Å². The van der Waals surface area contributed by atoms with Crippen molar-refractivity contribution in [2.24, 2.45) is 0 Å². The van der Waals surface area contributed by atoms with Crippen LogP contribution in [0.1, 0.15) is 41.8 Å². The number of hydrogen-bond donors (Lipinski definition) is 0. The van der Waals surface area contributed by atoms with Crippen LogP contribution in [0.3, 0.4) is 0 Å². The Balaban J connectivity index is 1.45. The lowest BCUT2D eigenvalue weighted by Crippen LogP contribution is -2.37. The van der Waals surface area contributed by atoms with Crippen molar-refractivity contribution in [3.8, 4) is 0 Å². The summed E-state index contributed by atoms with van der Waals surface area (Å²) >= 11 is 0. The highest BCUT2D eigenvalue weighted by molar-refractivity contribution is 5.45. The molecule has 1 fully saturated rings. The maximum atomic E-state index is 5.54. The normalized spacial score (nSPS) is 14.2. The van der Waals surface area contributed by atoms with Gasteiger partial charge in [0.15, 0.2) is 0 Å². The van der Waals surface area contributed by atoms with E-state index in [1.165, 1.54) is 5.56 Å². The highest BCUT2D eigenvalue weighted by atomic mass is 16.5. The average Bonchev–Trinajstić information content (AvgIpc) is 3.28. The molecule has 0 atom stereocenters. The maximum absolute atomic E-state index is 5.54. The van der Waals surface area contributed by atoms with Gasteiger partial charge in [-0.1, -0.05) is 19.4 Å². The van der Waals surface area contributed by atoms with Gasteiger partial charge in [-0.25, -0.2) is 15.0 Å². The second-order valence-electron chi connectivity index (χ2n) is 8.18. The summed E-state index contributed by atoms with van der Waals surface area (Å²) in [6.45, 7) is 5.33. The van der Waals surface area contributed by atoms with E-state index < -0.39 is 0 Å². The van der Waals surface area contributed by atoms with Crippen LogP contribution in [0.2, 0.25) is 0 Å². The summed E-state index contributed by atoms with van der Waals surface area (Å²) in [5.41, 5.74) is 5.28. The molecule has 0 N–H and O–H groups in total. The zero-order valence-corrected chi connectivity index (χ0v) is 18.4. The molecule has 1 aliphatic heterocycles. The molecule has 0 aromatic carbocycles. The molecule has 7 nitrogen and oxygen atoms in total. The van der Waals surface area contributed by atoms with Gasteiger partial charge >= 0.3 is 0 Å². The lowest BCUT2D eigenvalue weighted by atomic mass is 10.1. The smallest absolute Gasteiger partial charge is 0.136 e.